The van der Waals surface area contributed by atoms with Gasteiger partial charge in [0.15, 0.2) is 0 Å². The Kier molecular flexibility index (Phi) is 5.16. The molecule has 2 amide bonds. The molecule has 1 aromatic carbocycles. The Bertz CT molecular complexity index is 741. The van der Waals surface area contributed by atoms with E-state index in [0.29, 0.717) is 24.0 Å². The summed E-state index contributed by atoms with van der Waals surface area (Å²) in [7, 11) is 1.30. The lowest BCUT2D eigenvalue weighted by atomic mass is 9.85. The summed E-state index contributed by atoms with van der Waals surface area (Å²) in [5.41, 5.74) is 1.08. The van der Waals surface area contributed by atoms with Crippen LogP contribution in [0.4, 0.5) is 0 Å². The van der Waals surface area contributed by atoms with Crippen LogP contribution in [0.5, 0.6) is 0 Å². The molecule has 0 saturated carbocycles. The molecule has 1 fully saturated rings. The van der Waals surface area contributed by atoms with Gasteiger partial charge >= 0.3 is 11.9 Å². The van der Waals surface area contributed by atoms with Crippen molar-refractivity contribution in [2.75, 3.05) is 13.7 Å². The quantitative estimate of drug-likeness (QED) is 0.450. The van der Waals surface area contributed by atoms with E-state index in [4.69, 9.17) is 4.74 Å². The number of benzene rings is 1. The number of nitrogens with zero attached hydrogens (tertiary/aromatic N) is 1. The van der Waals surface area contributed by atoms with Crippen LogP contribution < -0.4 is 0 Å². The summed E-state index contributed by atoms with van der Waals surface area (Å²) in [6, 6.07) is 6.43. The van der Waals surface area contributed by atoms with E-state index in [-0.39, 0.29) is 36.8 Å². The fraction of sp³-hybridized carbons (Fsp3) is 0.368. The summed E-state index contributed by atoms with van der Waals surface area (Å²) in [5, 5.41) is 0. The molecule has 26 heavy (non-hydrogen) atoms. The number of esters is 2. The average molecular weight is 357 g/mol. The Morgan fingerprint density at radius 2 is 1.62 bits per heavy atom. The summed E-state index contributed by atoms with van der Waals surface area (Å²) in [6.07, 6.45) is 4.86. The van der Waals surface area contributed by atoms with E-state index in [1.807, 2.05) is 12.2 Å². The number of carbonyl (C=O) groups is 4. The van der Waals surface area contributed by atoms with Gasteiger partial charge in [0, 0.05) is 0 Å². The third kappa shape index (κ3) is 3.51. The fourth-order valence-electron chi connectivity index (χ4n) is 3.22. The number of fused-ring (bicyclic) bond motifs is 1. The van der Waals surface area contributed by atoms with Gasteiger partial charge in [0.2, 0.25) is 11.8 Å². The Morgan fingerprint density at radius 1 is 1.04 bits per heavy atom. The first kappa shape index (κ1) is 17.8. The lowest BCUT2D eigenvalue weighted by molar-refractivity contribution is -0.153. The van der Waals surface area contributed by atoms with Gasteiger partial charge in [-0.25, -0.2) is 4.79 Å². The molecule has 7 nitrogen and oxygen atoms in total. The van der Waals surface area contributed by atoms with E-state index < -0.39 is 11.9 Å². The smallest absolute Gasteiger partial charge is 0.337 e. The molecule has 0 spiro atoms. The van der Waals surface area contributed by atoms with Crippen LogP contribution in [0.25, 0.3) is 0 Å². The van der Waals surface area contributed by atoms with Crippen LogP contribution in [-0.4, -0.2) is 42.3 Å². The van der Waals surface area contributed by atoms with Crippen molar-refractivity contribution in [3.63, 3.8) is 0 Å². The van der Waals surface area contributed by atoms with E-state index in [9.17, 15) is 19.2 Å². The summed E-state index contributed by atoms with van der Waals surface area (Å²) < 4.78 is 9.76. The SMILES string of the molecule is COC(=O)c1ccc(COC(=O)CN2C(=O)[C@H]3CC=CC[C@H]3C2=O)cc1. The lowest BCUT2D eigenvalue weighted by Gasteiger charge is -2.14. The second-order valence-corrected chi connectivity index (χ2v) is 6.27. The Labute approximate surface area is 150 Å². The maximum Gasteiger partial charge on any atom is 0.337 e. The van der Waals surface area contributed by atoms with E-state index in [1.165, 1.54) is 7.11 Å². The minimum atomic E-state index is -0.643. The highest BCUT2D eigenvalue weighted by Crippen LogP contribution is 2.34. The zero-order chi connectivity index (χ0) is 18.7. The van der Waals surface area contributed by atoms with Crippen molar-refractivity contribution in [2.24, 2.45) is 11.8 Å². The molecule has 1 aliphatic carbocycles. The summed E-state index contributed by atoms with van der Waals surface area (Å²) in [5.74, 6) is -2.41. The van der Waals surface area contributed by atoms with Crippen LogP contribution in [0.2, 0.25) is 0 Å². The first-order chi connectivity index (χ1) is 12.5. The molecular weight excluding hydrogens is 338 g/mol. The number of imide groups is 1. The number of hydrogen-bond acceptors (Lipinski definition) is 6. The molecule has 1 aromatic rings. The zero-order valence-corrected chi connectivity index (χ0v) is 14.3. The second-order valence-electron chi connectivity index (χ2n) is 6.27. The lowest BCUT2D eigenvalue weighted by Crippen LogP contribution is -2.36. The van der Waals surface area contributed by atoms with Gasteiger partial charge in [-0.05, 0) is 30.5 Å². The summed E-state index contributed by atoms with van der Waals surface area (Å²) >= 11 is 0. The number of methoxy groups -OCH3 is 1. The first-order valence-electron chi connectivity index (χ1n) is 8.34. The number of ether oxygens (including phenoxy) is 2. The molecule has 1 aliphatic heterocycles. The van der Waals surface area contributed by atoms with Gasteiger partial charge in [-0.1, -0.05) is 24.3 Å². The van der Waals surface area contributed by atoms with Crippen LogP contribution in [0.15, 0.2) is 36.4 Å². The Hall–Kier alpha value is -2.96. The maximum absolute atomic E-state index is 12.3. The molecule has 7 heteroatoms. The average Bonchev–Trinajstić information content (AvgIpc) is 2.91. The van der Waals surface area contributed by atoms with Gasteiger partial charge < -0.3 is 9.47 Å². The molecule has 0 radical (unpaired) electrons. The second kappa shape index (κ2) is 7.51. The van der Waals surface area contributed by atoms with Crippen LogP contribution in [0.3, 0.4) is 0 Å². The van der Waals surface area contributed by atoms with Gasteiger partial charge in [0.1, 0.15) is 13.2 Å². The molecular formula is C19H19NO6. The molecule has 0 N–H and O–H groups in total. The van der Waals surface area contributed by atoms with Gasteiger partial charge in [-0.2, -0.15) is 0 Å². The fourth-order valence-corrected chi connectivity index (χ4v) is 3.22. The molecule has 2 atom stereocenters. The maximum atomic E-state index is 12.3. The van der Waals surface area contributed by atoms with Crippen molar-refractivity contribution >= 4 is 23.8 Å². The number of allylic oxidation sites excluding steroid dienone is 2. The van der Waals surface area contributed by atoms with Gasteiger partial charge in [-0.3, -0.25) is 19.3 Å². The molecule has 0 aromatic heterocycles. The van der Waals surface area contributed by atoms with E-state index >= 15 is 0 Å². The van der Waals surface area contributed by atoms with Gasteiger partial charge in [-0.15, -0.1) is 0 Å². The molecule has 0 bridgehead atoms. The minimum Gasteiger partial charge on any atom is -0.465 e. The molecule has 0 unspecified atom stereocenters. The molecule has 2 aliphatic rings. The Morgan fingerprint density at radius 3 is 2.15 bits per heavy atom. The third-order valence-electron chi connectivity index (χ3n) is 4.66. The van der Waals surface area contributed by atoms with Crippen molar-refractivity contribution in [3.8, 4) is 0 Å². The number of hydrogen-bond donors (Lipinski definition) is 0. The number of likely N-dealkylation sites (tertiary alicyclic amines) is 1. The summed E-state index contributed by atoms with van der Waals surface area (Å²) in [4.78, 5) is 49.0. The van der Waals surface area contributed by atoms with E-state index in [2.05, 4.69) is 4.74 Å². The molecule has 3 rings (SSSR count). The monoisotopic (exact) mass is 357 g/mol. The minimum absolute atomic E-state index is 0.00901. The van der Waals surface area contributed by atoms with Crippen molar-refractivity contribution in [3.05, 3.63) is 47.5 Å². The molecule has 1 saturated heterocycles. The molecule has 136 valence electrons. The van der Waals surface area contributed by atoms with Crippen molar-refractivity contribution < 1.29 is 28.7 Å². The van der Waals surface area contributed by atoms with Crippen LogP contribution in [0, 0.1) is 11.8 Å². The van der Waals surface area contributed by atoms with Crippen LogP contribution in [-0.2, 0) is 30.5 Å². The highest BCUT2D eigenvalue weighted by atomic mass is 16.5. The normalized spacial score (nSPS) is 21.5. The van der Waals surface area contributed by atoms with Crippen molar-refractivity contribution in [1.29, 1.82) is 0 Å². The van der Waals surface area contributed by atoms with Crippen molar-refractivity contribution in [1.82, 2.24) is 4.90 Å². The van der Waals surface area contributed by atoms with E-state index in [1.54, 1.807) is 24.3 Å². The standard InChI is InChI=1S/C19H19NO6/c1-25-19(24)13-8-6-12(7-9-13)11-26-16(21)10-20-17(22)14-4-2-3-5-15(14)18(20)23/h2-3,6-9,14-15H,4-5,10-11H2,1H3/t14-,15+. The third-order valence-corrected chi connectivity index (χ3v) is 4.66. The zero-order valence-electron chi connectivity index (χ0n) is 14.3. The Balaban J connectivity index is 1.54. The molecule has 1 heterocycles. The largest absolute Gasteiger partial charge is 0.465 e. The van der Waals surface area contributed by atoms with E-state index in [0.717, 1.165) is 4.90 Å². The van der Waals surface area contributed by atoms with Gasteiger partial charge in [0.05, 0.1) is 24.5 Å². The predicted octanol–water partition coefficient (Wildman–Crippen LogP) is 1.47. The highest BCUT2D eigenvalue weighted by molar-refractivity contribution is 6.07. The first-order valence-corrected chi connectivity index (χ1v) is 8.34. The topological polar surface area (TPSA) is 90.0 Å². The summed E-state index contributed by atoms with van der Waals surface area (Å²) in [6.45, 7) is -0.379. The van der Waals surface area contributed by atoms with Crippen LogP contribution >= 0.6 is 0 Å². The number of carbonyl (C=O) groups excluding carboxylic acids is 4. The predicted molar refractivity (Wildman–Crippen MR) is 89.7 cm³/mol. The highest BCUT2D eigenvalue weighted by Gasteiger charge is 2.47. The van der Waals surface area contributed by atoms with Gasteiger partial charge in [0.25, 0.3) is 0 Å². The van der Waals surface area contributed by atoms with Crippen LogP contribution in [0.1, 0.15) is 28.8 Å². The number of amides is 2. The number of rotatable bonds is 5. The van der Waals surface area contributed by atoms with Crippen molar-refractivity contribution in [2.45, 2.75) is 19.4 Å².